The third-order valence-corrected chi connectivity index (χ3v) is 3.87. The molecule has 4 nitrogen and oxygen atoms in total. The molecule has 0 radical (unpaired) electrons. The van der Waals surface area contributed by atoms with E-state index >= 15 is 0 Å². The van der Waals surface area contributed by atoms with Gasteiger partial charge < -0.3 is 15.0 Å². The Bertz CT molecular complexity index is 556. The molecule has 100 valence electrons. The molecule has 0 atom stereocenters. The first kappa shape index (κ1) is 12.1. The highest BCUT2D eigenvalue weighted by molar-refractivity contribution is 5.75. The van der Waals surface area contributed by atoms with Crippen molar-refractivity contribution in [2.24, 2.45) is 5.92 Å². The fraction of sp³-hybridized carbons (Fsp3) is 0.400. The Morgan fingerprint density at radius 1 is 1.32 bits per heavy atom. The molecule has 3 rings (SSSR count). The van der Waals surface area contributed by atoms with Crippen molar-refractivity contribution in [2.45, 2.75) is 25.7 Å². The predicted octanol–water partition coefficient (Wildman–Crippen LogP) is 3.28. The molecular formula is C15H18N2O2. The minimum absolute atomic E-state index is 0.402. The van der Waals surface area contributed by atoms with E-state index in [9.17, 15) is 0 Å². The lowest BCUT2D eigenvalue weighted by molar-refractivity contribution is 0.306. The van der Waals surface area contributed by atoms with Gasteiger partial charge in [0.2, 0.25) is 5.88 Å². The largest absolute Gasteiger partial charge is 0.497 e. The normalized spacial score (nSPS) is 15.2. The van der Waals surface area contributed by atoms with E-state index in [4.69, 9.17) is 15.0 Å². The van der Waals surface area contributed by atoms with Crippen molar-refractivity contribution >= 4 is 5.88 Å². The van der Waals surface area contributed by atoms with Crippen LogP contribution in [0.25, 0.3) is 11.1 Å². The van der Waals surface area contributed by atoms with E-state index in [2.05, 4.69) is 5.16 Å². The zero-order chi connectivity index (χ0) is 13.2. The minimum atomic E-state index is 0.402. The molecular weight excluding hydrogens is 240 g/mol. The van der Waals surface area contributed by atoms with Gasteiger partial charge in [-0.1, -0.05) is 36.6 Å². The van der Waals surface area contributed by atoms with E-state index in [1.165, 1.54) is 19.3 Å². The summed E-state index contributed by atoms with van der Waals surface area (Å²) in [5.41, 5.74) is 8.87. The topological polar surface area (TPSA) is 61.3 Å². The fourth-order valence-electron chi connectivity index (χ4n) is 2.51. The quantitative estimate of drug-likeness (QED) is 0.914. The molecule has 19 heavy (non-hydrogen) atoms. The highest BCUT2D eigenvalue weighted by Gasteiger charge is 2.23. The van der Waals surface area contributed by atoms with E-state index in [-0.39, 0.29) is 0 Å². The van der Waals surface area contributed by atoms with Crippen molar-refractivity contribution in [1.82, 2.24) is 5.16 Å². The average Bonchev–Trinajstić information content (AvgIpc) is 2.75. The van der Waals surface area contributed by atoms with Crippen LogP contribution < -0.4 is 10.5 Å². The van der Waals surface area contributed by atoms with Crippen LogP contribution >= 0.6 is 0 Å². The van der Waals surface area contributed by atoms with Crippen LogP contribution in [0, 0.1) is 5.92 Å². The van der Waals surface area contributed by atoms with Crippen molar-refractivity contribution in [3.8, 4) is 16.9 Å². The third-order valence-electron chi connectivity index (χ3n) is 3.87. The summed E-state index contributed by atoms with van der Waals surface area (Å²) in [6.45, 7) is 0. The zero-order valence-corrected chi connectivity index (χ0v) is 11.1. The van der Waals surface area contributed by atoms with Crippen molar-refractivity contribution in [1.29, 1.82) is 0 Å². The van der Waals surface area contributed by atoms with Gasteiger partial charge in [-0.3, -0.25) is 0 Å². The van der Waals surface area contributed by atoms with Crippen LogP contribution in [0.15, 0.2) is 28.8 Å². The molecule has 0 saturated heterocycles. The lowest BCUT2D eigenvalue weighted by atomic mass is 9.81. The summed E-state index contributed by atoms with van der Waals surface area (Å²) in [6, 6.07) is 7.84. The first-order valence-electron chi connectivity index (χ1n) is 6.66. The SMILES string of the molecule is COc1ccc(-c2c(CC3CCC3)noc2N)cc1. The predicted molar refractivity (Wildman–Crippen MR) is 73.9 cm³/mol. The summed E-state index contributed by atoms with van der Waals surface area (Å²) in [7, 11) is 1.66. The number of nitrogens with zero attached hydrogens (tertiary/aromatic N) is 1. The van der Waals surface area contributed by atoms with Crippen LogP contribution in [0.5, 0.6) is 5.75 Å². The van der Waals surface area contributed by atoms with Crippen LogP contribution in [0.4, 0.5) is 5.88 Å². The van der Waals surface area contributed by atoms with Gasteiger partial charge in [-0.15, -0.1) is 0 Å². The second-order valence-corrected chi connectivity index (χ2v) is 5.10. The van der Waals surface area contributed by atoms with E-state index in [0.717, 1.165) is 34.9 Å². The first-order chi connectivity index (χ1) is 9.28. The maximum Gasteiger partial charge on any atom is 0.230 e. The number of nitrogen functional groups attached to an aromatic ring is 1. The number of nitrogens with two attached hydrogens (primary N) is 1. The molecule has 1 aliphatic rings. The molecule has 0 spiro atoms. The summed E-state index contributed by atoms with van der Waals surface area (Å²) in [6.07, 6.45) is 4.86. The molecule has 1 saturated carbocycles. The summed E-state index contributed by atoms with van der Waals surface area (Å²) < 4.78 is 10.3. The molecule has 2 aromatic rings. The Morgan fingerprint density at radius 3 is 2.63 bits per heavy atom. The van der Waals surface area contributed by atoms with Gasteiger partial charge in [-0.2, -0.15) is 0 Å². The smallest absolute Gasteiger partial charge is 0.230 e. The molecule has 1 aromatic heterocycles. The van der Waals surface area contributed by atoms with E-state index < -0.39 is 0 Å². The van der Waals surface area contributed by atoms with Crippen LogP contribution in [0.1, 0.15) is 25.0 Å². The number of rotatable bonds is 4. The summed E-state index contributed by atoms with van der Waals surface area (Å²) >= 11 is 0. The standard InChI is InChI=1S/C15H18N2O2/c1-18-12-7-5-11(6-8-12)14-13(17-19-15(14)16)9-10-3-2-4-10/h5-8,10H,2-4,9,16H2,1H3. The van der Waals surface area contributed by atoms with E-state index in [1.54, 1.807) is 7.11 Å². The molecule has 1 aliphatic carbocycles. The lowest BCUT2D eigenvalue weighted by Gasteiger charge is -2.24. The summed E-state index contributed by atoms with van der Waals surface area (Å²) in [5, 5.41) is 4.13. The van der Waals surface area contributed by atoms with Gasteiger partial charge in [0.15, 0.2) is 0 Å². The maximum absolute atomic E-state index is 5.92. The van der Waals surface area contributed by atoms with Gasteiger partial charge in [0.25, 0.3) is 0 Å². The molecule has 0 amide bonds. The number of hydrogen-bond acceptors (Lipinski definition) is 4. The third kappa shape index (κ3) is 2.30. The second-order valence-electron chi connectivity index (χ2n) is 5.10. The Morgan fingerprint density at radius 2 is 2.05 bits per heavy atom. The van der Waals surface area contributed by atoms with Crippen LogP contribution in [0.2, 0.25) is 0 Å². The molecule has 0 bridgehead atoms. The highest BCUT2D eigenvalue weighted by atomic mass is 16.5. The number of benzene rings is 1. The number of methoxy groups -OCH3 is 1. The van der Waals surface area contributed by atoms with Crippen molar-refractivity contribution in [3.05, 3.63) is 30.0 Å². The monoisotopic (exact) mass is 258 g/mol. The fourth-order valence-corrected chi connectivity index (χ4v) is 2.51. The number of hydrogen-bond donors (Lipinski definition) is 1. The summed E-state index contributed by atoms with van der Waals surface area (Å²) in [4.78, 5) is 0. The Hall–Kier alpha value is -1.97. The first-order valence-corrected chi connectivity index (χ1v) is 6.66. The number of anilines is 1. The van der Waals surface area contributed by atoms with Crippen molar-refractivity contribution < 1.29 is 9.26 Å². The van der Waals surface area contributed by atoms with Gasteiger partial charge in [0.1, 0.15) is 5.75 Å². The van der Waals surface area contributed by atoms with Crippen LogP contribution in [-0.4, -0.2) is 12.3 Å². The average molecular weight is 258 g/mol. The van der Waals surface area contributed by atoms with Gasteiger partial charge in [-0.25, -0.2) is 0 Å². The molecule has 1 heterocycles. The minimum Gasteiger partial charge on any atom is -0.497 e. The second kappa shape index (κ2) is 4.96. The molecule has 1 fully saturated rings. The van der Waals surface area contributed by atoms with Gasteiger partial charge in [0.05, 0.1) is 18.4 Å². The molecule has 0 aliphatic heterocycles. The molecule has 1 aromatic carbocycles. The van der Waals surface area contributed by atoms with Gasteiger partial charge in [-0.05, 0) is 30.0 Å². The zero-order valence-electron chi connectivity index (χ0n) is 11.1. The maximum atomic E-state index is 5.92. The molecule has 2 N–H and O–H groups in total. The lowest BCUT2D eigenvalue weighted by Crippen LogP contribution is -2.14. The number of aromatic nitrogens is 1. The van der Waals surface area contributed by atoms with Gasteiger partial charge >= 0.3 is 0 Å². The van der Waals surface area contributed by atoms with Crippen LogP contribution in [-0.2, 0) is 6.42 Å². The summed E-state index contributed by atoms with van der Waals surface area (Å²) in [5.74, 6) is 1.97. The van der Waals surface area contributed by atoms with Crippen LogP contribution in [0.3, 0.4) is 0 Å². The molecule has 4 heteroatoms. The van der Waals surface area contributed by atoms with Crippen molar-refractivity contribution in [3.63, 3.8) is 0 Å². The molecule has 0 unspecified atom stereocenters. The highest BCUT2D eigenvalue weighted by Crippen LogP contribution is 2.36. The Labute approximate surface area is 112 Å². The van der Waals surface area contributed by atoms with Gasteiger partial charge in [0, 0.05) is 0 Å². The Balaban J connectivity index is 1.90. The van der Waals surface area contributed by atoms with E-state index in [1.807, 2.05) is 24.3 Å². The number of ether oxygens (including phenoxy) is 1. The Kier molecular flexibility index (Phi) is 3.15. The van der Waals surface area contributed by atoms with E-state index in [0.29, 0.717) is 5.88 Å². The van der Waals surface area contributed by atoms with Crippen molar-refractivity contribution in [2.75, 3.05) is 12.8 Å².